The summed E-state index contributed by atoms with van der Waals surface area (Å²) in [5.41, 5.74) is 9.51. The Bertz CT molecular complexity index is 1260. The van der Waals surface area contributed by atoms with Gasteiger partial charge in [0.25, 0.3) is 0 Å². The molecule has 7 atom stereocenters. The maximum atomic E-state index is 11.2. The van der Waals surface area contributed by atoms with Crippen LogP contribution in [-0.4, -0.2) is 81.3 Å². The number of allylic oxidation sites excluding steroid dienone is 3. The van der Waals surface area contributed by atoms with Crippen LogP contribution in [0.4, 0.5) is 0 Å². The average molecular weight is 602 g/mol. The van der Waals surface area contributed by atoms with E-state index in [2.05, 4.69) is 6.58 Å². The van der Waals surface area contributed by atoms with Gasteiger partial charge in [0.15, 0.2) is 0 Å². The number of aliphatic carboxylic acids is 1. The predicted molar refractivity (Wildman–Crippen MR) is 160 cm³/mol. The summed E-state index contributed by atoms with van der Waals surface area (Å²) in [4.78, 5) is 11.2. The molecular weight excluding hydrogens is 562 g/mol. The smallest absolute Gasteiger partial charge is 0.320 e. The van der Waals surface area contributed by atoms with Gasteiger partial charge in [-0.3, -0.25) is 4.79 Å². The standard InChI is InChI=1S/C32H40ClNO8/c1-4-41-23-12-10-22(11-13-23)27(21-8-6-20(7-9-21)17-25(34)32(39)40)19(3)24(33)14-5-18(2)31-30(38)29(37)28(36)26(42-31)15-16-35/h5-14,25-31,35-38H,2,4,15-17,34H2,1,3H3,(H,39,40)/b14-5-,24-19-/t25-,26?,27?,28+,29-,30+,31-/m0/s1. The number of rotatable bonds is 13. The van der Waals surface area contributed by atoms with E-state index in [0.29, 0.717) is 17.2 Å². The Morgan fingerprint density at radius 1 is 1.05 bits per heavy atom. The summed E-state index contributed by atoms with van der Waals surface area (Å²) in [5.74, 6) is -0.596. The zero-order chi connectivity index (χ0) is 31.0. The van der Waals surface area contributed by atoms with Gasteiger partial charge >= 0.3 is 5.97 Å². The van der Waals surface area contributed by atoms with Crippen LogP contribution in [-0.2, 0) is 16.0 Å². The quantitative estimate of drug-likeness (QED) is 0.189. The minimum atomic E-state index is -1.46. The van der Waals surface area contributed by atoms with Gasteiger partial charge in [-0.15, -0.1) is 0 Å². The van der Waals surface area contributed by atoms with Crippen molar-refractivity contribution in [3.8, 4) is 5.75 Å². The van der Waals surface area contributed by atoms with Crippen molar-refractivity contribution in [3.63, 3.8) is 0 Å². The first-order chi connectivity index (χ1) is 20.0. The Labute approximate surface area is 251 Å². The maximum absolute atomic E-state index is 11.2. The molecule has 1 aliphatic rings. The monoisotopic (exact) mass is 601 g/mol. The van der Waals surface area contributed by atoms with E-state index in [1.807, 2.05) is 62.4 Å². The van der Waals surface area contributed by atoms with E-state index in [1.54, 1.807) is 12.2 Å². The lowest BCUT2D eigenvalue weighted by molar-refractivity contribution is -0.213. The highest BCUT2D eigenvalue weighted by atomic mass is 35.5. The van der Waals surface area contributed by atoms with Crippen molar-refractivity contribution in [2.45, 2.75) is 69.2 Å². The van der Waals surface area contributed by atoms with Crippen molar-refractivity contribution >= 4 is 17.6 Å². The molecule has 2 aromatic carbocycles. The number of hydrogen-bond acceptors (Lipinski definition) is 8. The molecule has 10 heteroatoms. The van der Waals surface area contributed by atoms with Gasteiger partial charge in [0.1, 0.15) is 36.2 Å². The summed E-state index contributed by atoms with van der Waals surface area (Å²) in [7, 11) is 0. The van der Waals surface area contributed by atoms with Gasteiger partial charge in [0.05, 0.1) is 12.7 Å². The topological polar surface area (TPSA) is 163 Å². The summed E-state index contributed by atoms with van der Waals surface area (Å²) in [6, 6.07) is 14.2. The van der Waals surface area contributed by atoms with Crippen molar-refractivity contribution in [1.29, 1.82) is 0 Å². The molecule has 228 valence electrons. The number of aliphatic hydroxyl groups excluding tert-OH is 4. The van der Waals surface area contributed by atoms with Crippen LogP contribution in [0.15, 0.2) is 83.4 Å². The molecule has 42 heavy (non-hydrogen) atoms. The Hall–Kier alpha value is -3.02. The van der Waals surface area contributed by atoms with Crippen LogP contribution in [0.25, 0.3) is 0 Å². The number of benzene rings is 2. The number of hydrogen-bond donors (Lipinski definition) is 6. The van der Waals surface area contributed by atoms with Crippen molar-refractivity contribution in [2.75, 3.05) is 13.2 Å². The molecule has 1 heterocycles. The SMILES string of the molecule is C=C(/C=C\C(Cl)=C(/C)C(c1ccc(C[C@H](N)C(=O)O)cc1)c1ccc(OCC)cc1)[C@@H]1OC(CCO)[C@@H](O)[C@H](O)[C@H]1O. The van der Waals surface area contributed by atoms with Gasteiger partial charge < -0.3 is 40.7 Å². The van der Waals surface area contributed by atoms with Crippen LogP contribution in [0.1, 0.15) is 42.9 Å². The first-order valence-corrected chi connectivity index (χ1v) is 14.2. The number of carboxylic acid groups (broad SMARTS) is 1. The van der Waals surface area contributed by atoms with Crippen LogP contribution in [0.5, 0.6) is 5.75 Å². The molecule has 0 saturated carbocycles. The summed E-state index contributed by atoms with van der Waals surface area (Å²) in [6.45, 7) is 8.07. The first kappa shape index (κ1) is 33.5. The van der Waals surface area contributed by atoms with E-state index in [9.17, 15) is 25.2 Å². The third-order valence-corrected chi connectivity index (χ3v) is 7.78. The van der Waals surface area contributed by atoms with Gasteiger partial charge in [0.2, 0.25) is 0 Å². The lowest BCUT2D eigenvalue weighted by Crippen LogP contribution is -2.57. The molecule has 0 aliphatic carbocycles. The van der Waals surface area contributed by atoms with E-state index in [-0.39, 0.29) is 25.4 Å². The van der Waals surface area contributed by atoms with Gasteiger partial charge in [-0.1, -0.05) is 60.7 Å². The zero-order valence-corrected chi connectivity index (χ0v) is 24.5. The largest absolute Gasteiger partial charge is 0.494 e. The molecule has 0 spiro atoms. The molecule has 0 aromatic heterocycles. The number of halogens is 1. The van der Waals surface area contributed by atoms with Crippen LogP contribution < -0.4 is 10.5 Å². The second-order valence-electron chi connectivity index (χ2n) is 10.3. The Morgan fingerprint density at radius 2 is 1.64 bits per heavy atom. The second-order valence-corrected chi connectivity index (χ2v) is 10.8. The maximum Gasteiger partial charge on any atom is 0.320 e. The molecule has 0 radical (unpaired) electrons. The van der Waals surface area contributed by atoms with Crippen LogP contribution >= 0.6 is 11.6 Å². The third kappa shape index (κ3) is 8.29. The summed E-state index contributed by atoms with van der Waals surface area (Å²) < 4.78 is 11.4. The van der Waals surface area contributed by atoms with Gasteiger partial charge in [-0.25, -0.2) is 0 Å². The highest BCUT2D eigenvalue weighted by Gasteiger charge is 2.43. The van der Waals surface area contributed by atoms with E-state index >= 15 is 0 Å². The van der Waals surface area contributed by atoms with E-state index < -0.39 is 42.5 Å². The predicted octanol–water partition coefficient (Wildman–Crippen LogP) is 3.03. The van der Waals surface area contributed by atoms with Crippen LogP contribution in [0.3, 0.4) is 0 Å². The second kappa shape index (κ2) is 15.5. The van der Waals surface area contributed by atoms with Crippen molar-refractivity contribution in [2.24, 2.45) is 5.73 Å². The van der Waals surface area contributed by atoms with Crippen LogP contribution in [0, 0.1) is 0 Å². The number of ether oxygens (including phenoxy) is 2. The molecule has 9 nitrogen and oxygen atoms in total. The molecule has 0 amide bonds. The molecule has 3 rings (SSSR count). The summed E-state index contributed by atoms with van der Waals surface area (Å²) in [6.07, 6.45) is -2.59. The Kier molecular flexibility index (Phi) is 12.3. The average Bonchev–Trinajstić information content (AvgIpc) is 2.97. The summed E-state index contributed by atoms with van der Waals surface area (Å²) >= 11 is 6.81. The fourth-order valence-electron chi connectivity index (χ4n) is 4.97. The van der Waals surface area contributed by atoms with Crippen molar-refractivity contribution < 1.29 is 39.8 Å². The fraction of sp³-hybridized carbons (Fsp3) is 0.406. The molecule has 2 aromatic rings. The molecule has 1 aliphatic heterocycles. The lowest BCUT2D eigenvalue weighted by atomic mass is 9.84. The number of carboxylic acids is 1. The van der Waals surface area contributed by atoms with E-state index in [4.69, 9.17) is 31.9 Å². The molecule has 1 fully saturated rings. The van der Waals surface area contributed by atoms with Gasteiger partial charge in [-0.2, -0.15) is 0 Å². The molecular formula is C32H40ClNO8. The fourth-order valence-corrected chi connectivity index (χ4v) is 5.14. The van der Waals surface area contributed by atoms with E-state index in [0.717, 1.165) is 28.0 Å². The summed E-state index contributed by atoms with van der Waals surface area (Å²) in [5, 5.41) is 49.8. The van der Waals surface area contributed by atoms with Gasteiger partial charge in [-0.05, 0) is 72.7 Å². The van der Waals surface area contributed by atoms with Crippen molar-refractivity contribution in [3.05, 3.63) is 100 Å². The minimum Gasteiger partial charge on any atom is -0.494 e. The minimum absolute atomic E-state index is 0.0863. The number of carbonyl (C=O) groups is 1. The lowest BCUT2D eigenvalue weighted by Gasteiger charge is -2.41. The Morgan fingerprint density at radius 3 is 2.19 bits per heavy atom. The Balaban J connectivity index is 1.92. The number of aliphatic hydroxyl groups is 4. The molecule has 0 bridgehead atoms. The number of nitrogens with two attached hydrogens (primary N) is 1. The normalized spacial score (nSPS) is 24.6. The zero-order valence-electron chi connectivity index (χ0n) is 23.8. The third-order valence-electron chi connectivity index (χ3n) is 7.36. The highest BCUT2D eigenvalue weighted by Crippen LogP contribution is 2.36. The van der Waals surface area contributed by atoms with Crippen LogP contribution in [0.2, 0.25) is 0 Å². The molecule has 7 N–H and O–H groups in total. The van der Waals surface area contributed by atoms with Crippen molar-refractivity contribution in [1.82, 2.24) is 0 Å². The molecule has 2 unspecified atom stereocenters. The highest BCUT2D eigenvalue weighted by molar-refractivity contribution is 6.31. The first-order valence-electron chi connectivity index (χ1n) is 13.8. The van der Waals surface area contributed by atoms with Gasteiger partial charge in [0, 0.05) is 17.6 Å². The molecule has 1 saturated heterocycles. The van der Waals surface area contributed by atoms with E-state index in [1.165, 1.54) is 0 Å².